The van der Waals surface area contributed by atoms with Crippen LogP contribution < -0.4 is 0 Å². The van der Waals surface area contributed by atoms with E-state index in [2.05, 4.69) is 252 Å². The number of para-hydroxylation sites is 1. The van der Waals surface area contributed by atoms with Crippen LogP contribution in [0.15, 0.2) is 243 Å². The van der Waals surface area contributed by atoms with E-state index in [1.165, 1.54) is 143 Å². The molecule has 0 aliphatic heterocycles. The molecule has 2 heteroatoms. The molecule has 2 nitrogen and oxygen atoms in total. The van der Waals surface area contributed by atoms with Crippen molar-refractivity contribution < 1.29 is 0 Å². The standard InChI is InChI=1S/C68H40N2/c1-3-12-41(13-4-1)43-24-29-49(30-25-43)69-60-23-8-7-19-56(60)67-61(69)37-36-54-59-39-48(38-47-18-11-21-57(64(47)59)65(54)67)46-28-33-51-55-35-34-53-52-20-9-16-45-17-10-22-58(63(45)52)66(53)68(55)70(62(51)40-46)50-31-26-44(27-32-50)42-14-5-2-6-15-42/h1-40H. The van der Waals surface area contributed by atoms with E-state index in [-0.39, 0.29) is 0 Å². The van der Waals surface area contributed by atoms with E-state index in [9.17, 15) is 0 Å². The minimum absolute atomic E-state index is 1.15. The number of hydrogen-bond acceptors (Lipinski definition) is 0. The third-order valence-corrected chi connectivity index (χ3v) is 15.6. The van der Waals surface area contributed by atoms with Gasteiger partial charge in [0, 0.05) is 44.0 Å². The van der Waals surface area contributed by atoms with Gasteiger partial charge in [0.1, 0.15) is 0 Å². The summed E-state index contributed by atoms with van der Waals surface area (Å²) in [7, 11) is 0. The summed E-state index contributed by atoms with van der Waals surface area (Å²) < 4.78 is 4.99. The molecular weight excluding hydrogens is 845 g/mol. The first-order chi connectivity index (χ1) is 34.7. The van der Waals surface area contributed by atoms with Crippen LogP contribution in [0.1, 0.15) is 0 Å². The summed E-state index contributed by atoms with van der Waals surface area (Å²) in [6, 6.07) is 90.4. The summed E-state index contributed by atoms with van der Waals surface area (Å²) in [5, 5.41) is 10.3. The summed E-state index contributed by atoms with van der Waals surface area (Å²) >= 11 is 0. The Morgan fingerprint density at radius 2 is 0.786 bits per heavy atom. The summed E-state index contributed by atoms with van der Waals surface area (Å²) in [6.45, 7) is 0. The van der Waals surface area contributed by atoms with Crippen molar-refractivity contribution in [3.63, 3.8) is 0 Å². The molecule has 12 aromatic carbocycles. The molecule has 0 atom stereocenters. The summed E-state index contributed by atoms with van der Waals surface area (Å²) in [5.74, 6) is 0. The van der Waals surface area contributed by atoms with Crippen LogP contribution in [-0.4, -0.2) is 9.13 Å². The molecule has 2 heterocycles. The molecule has 0 N–H and O–H groups in total. The quantitative estimate of drug-likeness (QED) is 0.163. The van der Waals surface area contributed by atoms with Crippen LogP contribution in [-0.2, 0) is 0 Å². The van der Waals surface area contributed by atoms with Gasteiger partial charge in [-0.2, -0.15) is 0 Å². The lowest BCUT2D eigenvalue weighted by molar-refractivity contribution is 1.18. The van der Waals surface area contributed by atoms with E-state index >= 15 is 0 Å². The summed E-state index contributed by atoms with van der Waals surface area (Å²) in [5.41, 5.74) is 25.0. The van der Waals surface area contributed by atoms with Crippen molar-refractivity contribution in [3.8, 4) is 89.3 Å². The van der Waals surface area contributed by atoms with Gasteiger partial charge in [0.15, 0.2) is 0 Å². The Labute approximate surface area is 404 Å². The number of aromatic nitrogens is 2. The van der Waals surface area contributed by atoms with Crippen molar-refractivity contribution in [1.29, 1.82) is 0 Å². The lowest BCUT2D eigenvalue weighted by Gasteiger charge is -2.14. The molecule has 16 rings (SSSR count). The highest BCUT2D eigenvalue weighted by molar-refractivity contribution is 6.28. The van der Waals surface area contributed by atoms with E-state index < -0.39 is 0 Å². The second kappa shape index (κ2) is 14.1. The van der Waals surface area contributed by atoms with Crippen molar-refractivity contribution >= 4 is 65.2 Å². The fourth-order valence-electron chi connectivity index (χ4n) is 12.5. The van der Waals surface area contributed by atoms with Gasteiger partial charge in [-0.1, -0.05) is 188 Å². The molecule has 0 radical (unpaired) electrons. The van der Waals surface area contributed by atoms with Gasteiger partial charge in [0.05, 0.1) is 22.1 Å². The van der Waals surface area contributed by atoms with Crippen LogP contribution in [0.3, 0.4) is 0 Å². The SMILES string of the molecule is c1ccc(-c2ccc(-n3c4ccccc4c4c5c(ccc43)-c3cc(-c4ccc6c7ccc8c(c7n(-c7ccc(-c9ccccc9)cc7)c6c4)-c4cccc6cccc-8c46)cc4cccc-5c34)cc2)cc1. The molecule has 322 valence electrons. The topological polar surface area (TPSA) is 9.86 Å². The van der Waals surface area contributed by atoms with Crippen LogP contribution in [0, 0.1) is 0 Å². The molecule has 0 saturated heterocycles. The monoisotopic (exact) mass is 884 g/mol. The number of hydrogen-bond donors (Lipinski definition) is 0. The third kappa shape index (κ3) is 5.17. The molecule has 0 amide bonds. The highest BCUT2D eigenvalue weighted by Crippen LogP contribution is 2.55. The Bertz CT molecular complexity index is 4530. The van der Waals surface area contributed by atoms with E-state index in [1.807, 2.05) is 0 Å². The fraction of sp³-hybridized carbons (Fsp3) is 0. The minimum atomic E-state index is 1.15. The van der Waals surface area contributed by atoms with Crippen molar-refractivity contribution in [3.05, 3.63) is 243 Å². The molecule has 70 heavy (non-hydrogen) atoms. The van der Waals surface area contributed by atoms with Gasteiger partial charge in [-0.25, -0.2) is 0 Å². The van der Waals surface area contributed by atoms with Crippen molar-refractivity contribution in [2.24, 2.45) is 0 Å². The zero-order valence-electron chi connectivity index (χ0n) is 38.0. The molecule has 0 fully saturated rings. The van der Waals surface area contributed by atoms with Gasteiger partial charge in [0.25, 0.3) is 0 Å². The molecule has 0 unspecified atom stereocenters. The molecule has 14 aromatic rings. The van der Waals surface area contributed by atoms with E-state index in [4.69, 9.17) is 0 Å². The maximum absolute atomic E-state index is 2.54. The predicted molar refractivity (Wildman–Crippen MR) is 295 cm³/mol. The van der Waals surface area contributed by atoms with Crippen molar-refractivity contribution in [2.75, 3.05) is 0 Å². The number of rotatable bonds is 5. The Hall–Kier alpha value is -9.24. The third-order valence-electron chi connectivity index (χ3n) is 15.6. The van der Waals surface area contributed by atoms with Crippen LogP contribution in [0.2, 0.25) is 0 Å². The fourth-order valence-corrected chi connectivity index (χ4v) is 12.5. The van der Waals surface area contributed by atoms with Crippen molar-refractivity contribution in [2.45, 2.75) is 0 Å². The summed E-state index contributed by atoms with van der Waals surface area (Å²) in [6.07, 6.45) is 0. The Kier molecular flexibility index (Phi) is 7.64. The average molecular weight is 885 g/mol. The van der Waals surface area contributed by atoms with Gasteiger partial charge in [-0.15, -0.1) is 0 Å². The number of nitrogens with zero attached hydrogens (tertiary/aromatic N) is 2. The van der Waals surface area contributed by atoms with E-state index in [0.717, 1.165) is 11.4 Å². The largest absolute Gasteiger partial charge is 0.309 e. The van der Waals surface area contributed by atoms with Gasteiger partial charge in [-0.05, 0) is 143 Å². The zero-order chi connectivity index (χ0) is 45.6. The lowest BCUT2D eigenvalue weighted by atomic mass is 9.95. The normalized spacial score (nSPS) is 12.3. The zero-order valence-corrected chi connectivity index (χ0v) is 38.0. The smallest absolute Gasteiger partial charge is 0.0625 e. The second-order valence-corrected chi connectivity index (χ2v) is 19.1. The number of fused-ring (bicyclic) bond motifs is 14. The first-order valence-electron chi connectivity index (χ1n) is 24.3. The minimum Gasteiger partial charge on any atom is -0.309 e. The molecule has 2 aliphatic rings. The van der Waals surface area contributed by atoms with Gasteiger partial charge in [0.2, 0.25) is 0 Å². The molecule has 0 bridgehead atoms. The highest BCUT2D eigenvalue weighted by atomic mass is 15.0. The van der Waals surface area contributed by atoms with Gasteiger partial charge in [-0.3, -0.25) is 0 Å². The van der Waals surface area contributed by atoms with Crippen LogP contribution in [0.4, 0.5) is 0 Å². The predicted octanol–water partition coefficient (Wildman–Crippen LogP) is 18.5. The van der Waals surface area contributed by atoms with Gasteiger partial charge < -0.3 is 9.13 Å². The lowest BCUT2D eigenvalue weighted by Crippen LogP contribution is -1.96. The average Bonchev–Trinajstić information content (AvgIpc) is 4.16. The van der Waals surface area contributed by atoms with E-state index in [0.29, 0.717) is 0 Å². The van der Waals surface area contributed by atoms with E-state index in [1.54, 1.807) is 0 Å². The number of benzene rings is 12. The first kappa shape index (κ1) is 37.8. The molecular formula is C68H40N2. The maximum Gasteiger partial charge on any atom is 0.0625 e. The Morgan fingerprint density at radius 3 is 1.51 bits per heavy atom. The first-order valence-corrected chi connectivity index (χ1v) is 24.3. The molecule has 0 saturated carbocycles. The van der Waals surface area contributed by atoms with Crippen LogP contribution in [0.5, 0.6) is 0 Å². The molecule has 2 aromatic heterocycles. The Balaban J connectivity index is 0.896. The Morgan fingerprint density at radius 1 is 0.229 bits per heavy atom. The molecule has 2 aliphatic carbocycles. The molecule has 0 spiro atoms. The van der Waals surface area contributed by atoms with Crippen LogP contribution in [0.25, 0.3) is 154 Å². The van der Waals surface area contributed by atoms with Gasteiger partial charge >= 0.3 is 0 Å². The second-order valence-electron chi connectivity index (χ2n) is 19.1. The summed E-state index contributed by atoms with van der Waals surface area (Å²) in [4.78, 5) is 0. The van der Waals surface area contributed by atoms with Crippen molar-refractivity contribution in [1.82, 2.24) is 9.13 Å². The highest BCUT2D eigenvalue weighted by Gasteiger charge is 2.29. The van der Waals surface area contributed by atoms with Crippen LogP contribution >= 0.6 is 0 Å². The maximum atomic E-state index is 2.54.